The van der Waals surface area contributed by atoms with E-state index in [0.29, 0.717) is 5.88 Å². The second-order valence-electron chi connectivity index (χ2n) is 5.41. The zero-order chi connectivity index (χ0) is 11.8. The van der Waals surface area contributed by atoms with E-state index in [9.17, 15) is 0 Å². The molecule has 17 heavy (non-hydrogen) atoms. The van der Waals surface area contributed by atoms with E-state index in [4.69, 9.17) is 11.6 Å². The molecular weight excluding hydrogens is 232 g/mol. The highest BCUT2D eigenvalue weighted by atomic mass is 35.5. The Hall–Kier alpha value is -0.760. The molecule has 0 unspecified atom stereocenters. The van der Waals surface area contributed by atoms with Crippen molar-refractivity contribution in [1.29, 1.82) is 0 Å². The molecule has 1 aromatic rings. The SMILES string of the molecule is Cc1cc(N(CC2CC2)C2CC2)c(CCl)cn1. The van der Waals surface area contributed by atoms with Gasteiger partial charge >= 0.3 is 0 Å². The van der Waals surface area contributed by atoms with Crippen LogP contribution in [0.5, 0.6) is 0 Å². The summed E-state index contributed by atoms with van der Waals surface area (Å²) in [6.07, 6.45) is 7.44. The van der Waals surface area contributed by atoms with Gasteiger partial charge in [0.1, 0.15) is 0 Å². The van der Waals surface area contributed by atoms with Gasteiger partial charge in [0.15, 0.2) is 0 Å². The van der Waals surface area contributed by atoms with Crippen LogP contribution in [0.25, 0.3) is 0 Å². The average molecular weight is 251 g/mol. The smallest absolute Gasteiger partial charge is 0.0509 e. The van der Waals surface area contributed by atoms with Crippen LogP contribution in [-0.4, -0.2) is 17.6 Å². The van der Waals surface area contributed by atoms with E-state index < -0.39 is 0 Å². The number of hydrogen-bond donors (Lipinski definition) is 0. The third kappa shape index (κ3) is 2.57. The molecule has 0 atom stereocenters. The number of halogens is 1. The Kier molecular flexibility index (Phi) is 2.99. The number of pyridine rings is 1. The topological polar surface area (TPSA) is 16.1 Å². The van der Waals surface area contributed by atoms with E-state index >= 15 is 0 Å². The molecular formula is C14H19ClN2. The maximum atomic E-state index is 6.04. The molecule has 1 aromatic heterocycles. The Bertz CT molecular complexity index is 411. The van der Waals surface area contributed by atoms with Gasteiger partial charge in [0.05, 0.1) is 5.88 Å². The third-order valence-corrected chi connectivity index (χ3v) is 3.98. The van der Waals surface area contributed by atoms with Crippen molar-refractivity contribution >= 4 is 17.3 Å². The van der Waals surface area contributed by atoms with Crippen molar-refractivity contribution in [3.8, 4) is 0 Å². The van der Waals surface area contributed by atoms with Crippen LogP contribution in [0.15, 0.2) is 12.3 Å². The lowest BCUT2D eigenvalue weighted by molar-refractivity contribution is 0.715. The number of aryl methyl sites for hydroxylation is 1. The molecule has 0 aliphatic heterocycles. The zero-order valence-corrected chi connectivity index (χ0v) is 11.1. The summed E-state index contributed by atoms with van der Waals surface area (Å²) in [5.41, 5.74) is 3.61. The van der Waals surface area contributed by atoms with Crippen molar-refractivity contribution in [2.75, 3.05) is 11.4 Å². The van der Waals surface area contributed by atoms with Crippen LogP contribution in [0.2, 0.25) is 0 Å². The van der Waals surface area contributed by atoms with Crippen LogP contribution in [0.4, 0.5) is 5.69 Å². The quantitative estimate of drug-likeness (QED) is 0.744. The number of anilines is 1. The molecule has 0 amide bonds. The normalized spacial score (nSPS) is 19.4. The van der Waals surface area contributed by atoms with Gasteiger partial charge in [0, 0.05) is 35.7 Å². The summed E-state index contributed by atoms with van der Waals surface area (Å²) >= 11 is 6.04. The van der Waals surface area contributed by atoms with Gasteiger partial charge in [-0.1, -0.05) is 0 Å². The first kappa shape index (κ1) is 11.3. The molecule has 2 saturated carbocycles. The fourth-order valence-corrected chi connectivity index (χ4v) is 2.56. The molecule has 1 heterocycles. The lowest BCUT2D eigenvalue weighted by Gasteiger charge is -2.27. The maximum absolute atomic E-state index is 6.04. The number of aromatic nitrogens is 1. The molecule has 3 heteroatoms. The van der Waals surface area contributed by atoms with Crippen LogP contribution in [0, 0.1) is 12.8 Å². The number of rotatable bonds is 5. The second-order valence-corrected chi connectivity index (χ2v) is 5.68. The van der Waals surface area contributed by atoms with Crippen LogP contribution < -0.4 is 4.90 Å². The predicted molar refractivity (Wildman–Crippen MR) is 71.6 cm³/mol. The molecule has 2 fully saturated rings. The Morgan fingerprint density at radius 3 is 2.71 bits per heavy atom. The highest BCUT2D eigenvalue weighted by Gasteiger charge is 2.34. The Balaban J connectivity index is 1.89. The number of nitrogens with zero attached hydrogens (tertiary/aromatic N) is 2. The molecule has 3 rings (SSSR count). The average Bonchev–Trinajstić information content (AvgIpc) is 3.17. The number of hydrogen-bond acceptors (Lipinski definition) is 2. The molecule has 0 bridgehead atoms. The first-order valence-corrected chi connectivity index (χ1v) is 7.09. The highest BCUT2D eigenvalue weighted by molar-refractivity contribution is 6.17. The summed E-state index contributed by atoms with van der Waals surface area (Å²) in [6.45, 7) is 3.28. The van der Waals surface area contributed by atoms with Crippen molar-refractivity contribution in [1.82, 2.24) is 4.98 Å². The zero-order valence-electron chi connectivity index (χ0n) is 10.3. The molecule has 0 aromatic carbocycles. The van der Waals surface area contributed by atoms with E-state index in [2.05, 4.69) is 22.9 Å². The Morgan fingerprint density at radius 2 is 2.12 bits per heavy atom. The summed E-state index contributed by atoms with van der Waals surface area (Å²) in [5.74, 6) is 1.49. The van der Waals surface area contributed by atoms with Gasteiger partial charge in [-0.25, -0.2) is 0 Å². The van der Waals surface area contributed by atoms with Crippen LogP contribution in [-0.2, 0) is 5.88 Å². The monoisotopic (exact) mass is 250 g/mol. The molecule has 2 aliphatic rings. The fraction of sp³-hybridized carbons (Fsp3) is 0.643. The highest BCUT2D eigenvalue weighted by Crippen LogP contribution is 2.39. The minimum absolute atomic E-state index is 0.566. The van der Waals surface area contributed by atoms with Crippen LogP contribution in [0.1, 0.15) is 36.9 Å². The van der Waals surface area contributed by atoms with E-state index in [1.54, 1.807) is 0 Å². The van der Waals surface area contributed by atoms with Gasteiger partial charge in [-0.15, -0.1) is 11.6 Å². The molecule has 0 saturated heterocycles. The van der Waals surface area contributed by atoms with E-state index in [0.717, 1.165) is 17.7 Å². The standard InChI is InChI=1S/C14H19ClN2/c1-10-6-14(12(7-15)8-16-10)17(13-4-5-13)9-11-2-3-11/h6,8,11,13H,2-5,7,9H2,1H3. The number of alkyl halides is 1. The minimum Gasteiger partial charge on any atom is -0.368 e. The van der Waals surface area contributed by atoms with E-state index in [-0.39, 0.29) is 0 Å². The van der Waals surface area contributed by atoms with Crippen LogP contribution in [0.3, 0.4) is 0 Å². The summed E-state index contributed by atoms with van der Waals surface area (Å²) in [7, 11) is 0. The molecule has 2 aliphatic carbocycles. The van der Waals surface area contributed by atoms with Crippen molar-refractivity contribution < 1.29 is 0 Å². The van der Waals surface area contributed by atoms with Gasteiger partial charge < -0.3 is 4.90 Å². The van der Waals surface area contributed by atoms with Crippen molar-refractivity contribution in [3.63, 3.8) is 0 Å². The fourth-order valence-electron chi connectivity index (χ4n) is 2.35. The lowest BCUT2D eigenvalue weighted by Crippen LogP contribution is -2.29. The van der Waals surface area contributed by atoms with Crippen molar-refractivity contribution in [2.45, 2.75) is 44.5 Å². The summed E-state index contributed by atoms with van der Waals surface area (Å²) in [5, 5.41) is 0. The first-order valence-electron chi connectivity index (χ1n) is 6.56. The molecule has 92 valence electrons. The van der Waals surface area contributed by atoms with E-state index in [1.807, 2.05) is 6.20 Å². The lowest BCUT2D eigenvalue weighted by atomic mass is 10.2. The summed E-state index contributed by atoms with van der Waals surface area (Å²) in [4.78, 5) is 6.94. The van der Waals surface area contributed by atoms with Crippen molar-refractivity contribution in [2.24, 2.45) is 5.92 Å². The Labute approximate surface area is 108 Å². The van der Waals surface area contributed by atoms with Crippen molar-refractivity contribution in [3.05, 3.63) is 23.5 Å². The van der Waals surface area contributed by atoms with E-state index in [1.165, 1.54) is 43.5 Å². The summed E-state index contributed by atoms with van der Waals surface area (Å²) in [6, 6.07) is 2.97. The maximum Gasteiger partial charge on any atom is 0.0509 e. The van der Waals surface area contributed by atoms with Crippen LogP contribution >= 0.6 is 11.6 Å². The van der Waals surface area contributed by atoms with Gasteiger partial charge in [-0.2, -0.15) is 0 Å². The van der Waals surface area contributed by atoms with Gasteiger partial charge in [0.2, 0.25) is 0 Å². The van der Waals surface area contributed by atoms with Gasteiger partial charge in [-0.05, 0) is 44.6 Å². The predicted octanol–water partition coefficient (Wildman–Crippen LogP) is 3.51. The molecule has 0 N–H and O–H groups in total. The second kappa shape index (κ2) is 4.49. The largest absolute Gasteiger partial charge is 0.368 e. The summed E-state index contributed by atoms with van der Waals surface area (Å²) < 4.78 is 0. The van der Waals surface area contributed by atoms with Gasteiger partial charge in [-0.3, -0.25) is 4.98 Å². The Morgan fingerprint density at radius 1 is 1.35 bits per heavy atom. The minimum atomic E-state index is 0.566. The third-order valence-electron chi connectivity index (χ3n) is 3.69. The first-order chi connectivity index (χ1) is 8.28. The molecule has 0 spiro atoms. The molecule has 2 nitrogen and oxygen atoms in total. The van der Waals surface area contributed by atoms with Gasteiger partial charge in [0.25, 0.3) is 0 Å². The molecule has 0 radical (unpaired) electrons.